The number of carbonyl (C=O) groups excluding carboxylic acids is 1. The highest BCUT2D eigenvalue weighted by atomic mass is 79.9. The molecule has 2 nitrogen and oxygen atoms in total. The molecule has 4 heteroatoms. The molecule has 2 aliphatic heterocycles. The Morgan fingerprint density at radius 2 is 2.06 bits per heavy atom. The van der Waals surface area contributed by atoms with Crippen LogP contribution in [0, 0.1) is 0 Å². The van der Waals surface area contributed by atoms with E-state index in [1.165, 1.54) is 0 Å². The van der Waals surface area contributed by atoms with Crippen LogP contribution in [-0.4, -0.2) is 22.9 Å². The average Bonchev–Trinajstić information content (AvgIpc) is 2.31. The first-order chi connectivity index (χ1) is 8.19. The van der Waals surface area contributed by atoms with Crippen molar-refractivity contribution in [3.05, 3.63) is 28.2 Å². The van der Waals surface area contributed by atoms with Gasteiger partial charge in [-0.1, -0.05) is 15.9 Å². The highest BCUT2D eigenvalue weighted by Crippen LogP contribution is 2.41. The van der Waals surface area contributed by atoms with E-state index in [0.717, 1.165) is 40.1 Å². The maximum atomic E-state index is 12.2. The van der Waals surface area contributed by atoms with Gasteiger partial charge in [0, 0.05) is 4.47 Å². The van der Waals surface area contributed by atoms with Crippen molar-refractivity contribution in [1.82, 2.24) is 0 Å². The molecule has 0 amide bonds. The van der Waals surface area contributed by atoms with Crippen molar-refractivity contribution >= 4 is 33.5 Å². The van der Waals surface area contributed by atoms with Crippen molar-refractivity contribution in [1.29, 1.82) is 0 Å². The third-order valence-electron chi connectivity index (χ3n) is 3.46. The Kier molecular flexibility index (Phi) is 2.95. The predicted molar refractivity (Wildman–Crippen MR) is 73.0 cm³/mol. The number of thioether (sulfide) groups is 1. The Bertz CT molecular complexity index is 466. The van der Waals surface area contributed by atoms with Crippen LogP contribution in [0.3, 0.4) is 0 Å². The Hall–Kier alpha value is -0.480. The van der Waals surface area contributed by atoms with E-state index < -0.39 is 0 Å². The smallest absolute Gasteiger partial charge is 0.170 e. The Morgan fingerprint density at radius 1 is 1.29 bits per heavy atom. The van der Waals surface area contributed by atoms with Gasteiger partial charge in [0.1, 0.15) is 11.4 Å². The molecule has 1 aromatic carbocycles. The molecule has 0 N–H and O–H groups in total. The van der Waals surface area contributed by atoms with Gasteiger partial charge in [-0.15, -0.1) is 0 Å². The fraction of sp³-hybridized carbons (Fsp3) is 0.462. The zero-order valence-electron chi connectivity index (χ0n) is 9.37. The average molecular weight is 313 g/mol. The summed E-state index contributed by atoms with van der Waals surface area (Å²) in [4.78, 5) is 12.2. The van der Waals surface area contributed by atoms with Gasteiger partial charge < -0.3 is 4.74 Å². The van der Waals surface area contributed by atoms with Gasteiger partial charge in [-0.2, -0.15) is 11.8 Å². The molecule has 0 aliphatic carbocycles. The quantitative estimate of drug-likeness (QED) is 0.731. The third-order valence-corrected chi connectivity index (χ3v) is 4.93. The summed E-state index contributed by atoms with van der Waals surface area (Å²) in [6.45, 7) is 0. The van der Waals surface area contributed by atoms with E-state index in [9.17, 15) is 4.79 Å². The van der Waals surface area contributed by atoms with Crippen molar-refractivity contribution in [3.63, 3.8) is 0 Å². The summed E-state index contributed by atoms with van der Waals surface area (Å²) in [5, 5.41) is 0. The van der Waals surface area contributed by atoms with Gasteiger partial charge in [0.2, 0.25) is 0 Å². The molecule has 0 radical (unpaired) electrons. The minimum Gasteiger partial charge on any atom is -0.486 e. The molecule has 1 spiro atoms. The van der Waals surface area contributed by atoms with E-state index >= 15 is 0 Å². The van der Waals surface area contributed by atoms with Crippen molar-refractivity contribution in [3.8, 4) is 5.75 Å². The largest absolute Gasteiger partial charge is 0.486 e. The van der Waals surface area contributed by atoms with Gasteiger partial charge in [0.25, 0.3) is 0 Å². The summed E-state index contributed by atoms with van der Waals surface area (Å²) < 4.78 is 7.06. The molecule has 1 saturated heterocycles. The van der Waals surface area contributed by atoms with Crippen LogP contribution in [0.1, 0.15) is 29.6 Å². The normalized spacial score (nSPS) is 22.1. The molecule has 1 aromatic rings. The van der Waals surface area contributed by atoms with E-state index in [-0.39, 0.29) is 11.4 Å². The first-order valence-electron chi connectivity index (χ1n) is 5.78. The number of hydrogen-bond acceptors (Lipinski definition) is 3. The summed E-state index contributed by atoms with van der Waals surface area (Å²) in [7, 11) is 0. The monoisotopic (exact) mass is 312 g/mol. The topological polar surface area (TPSA) is 26.3 Å². The number of Topliss-reactive ketones (excluding diaryl/α,β-unsaturated/α-hetero) is 1. The molecule has 17 heavy (non-hydrogen) atoms. The van der Waals surface area contributed by atoms with Crippen LogP contribution in [0.4, 0.5) is 0 Å². The second kappa shape index (κ2) is 4.32. The number of halogens is 1. The highest BCUT2D eigenvalue weighted by molar-refractivity contribution is 9.10. The number of carbonyl (C=O) groups is 1. The zero-order chi connectivity index (χ0) is 11.9. The van der Waals surface area contributed by atoms with E-state index in [1.807, 2.05) is 30.0 Å². The Labute approximate surface area is 113 Å². The molecular formula is C13H13BrO2S. The lowest BCUT2D eigenvalue weighted by molar-refractivity contribution is 0.0348. The van der Waals surface area contributed by atoms with Crippen LogP contribution in [0.2, 0.25) is 0 Å². The number of ketones is 1. The molecule has 0 aromatic heterocycles. The van der Waals surface area contributed by atoms with Crippen molar-refractivity contribution in [2.45, 2.75) is 24.9 Å². The Balaban J connectivity index is 1.97. The van der Waals surface area contributed by atoms with E-state index in [0.29, 0.717) is 6.42 Å². The number of ether oxygens (including phenoxy) is 1. The van der Waals surface area contributed by atoms with Crippen LogP contribution < -0.4 is 4.74 Å². The van der Waals surface area contributed by atoms with E-state index in [2.05, 4.69) is 15.9 Å². The molecule has 0 atom stereocenters. The van der Waals surface area contributed by atoms with Crippen molar-refractivity contribution < 1.29 is 9.53 Å². The fourth-order valence-electron chi connectivity index (χ4n) is 2.49. The minimum atomic E-state index is -0.219. The number of rotatable bonds is 0. The molecule has 2 aliphatic rings. The van der Waals surface area contributed by atoms with Crippen LogP contribution in [0.15, 0.2) is 22.7 Å². The number of fused-ring (bicyclic) bond motifs is 1. The standard InChI is InChI=1S/C13H13BrO2S/c14-9-1-2-12-10(7-9)11(15)8-13(16-12)3-5-17-6-4-13/h1-2,7H,3-6,8H2. The van der Waals surface area contributed by atoms with Gasteiger partial charge in [0.05, 0.1) is 12.0 Å². The fourth-order valence-corrected chi connectivity index (χ4v) is 4.09. The zero-order valence-corrected chi connectivity index (χ0v) is 11.8. The molecule has 2 heterocycles. The lowest BCUT2D eigenvalue weighted by atomic mass is 9.85. The number of benzene rings is 1. The predicted octanol–water partition coefficient (Wildman–Crippen LogP) is 3.68. The van der Waals surface area contributed by atoms with E-state index in [1.54, 1.807) is 0 Å². The van der Waals surface area contributed by atoms with Crippen LogP contribution in [-0.2, 0) is 0 Å². The maximum Gasteiger partial charge on any atom is 0.170 e. The van der Waals surface area contributed by atoms with Gasteiger partial charge in [-0.3, -0.25) is 4.79 Å². The Morgan fingerprint density at radius 3 is 2.82 bits per heavy atom. The highest BCUT2D eigenvalue weighted by Gasteiger charge is 2.41. The summed E-state index contributed by atoms with van der Waals surface area (Å²) >= 11 is 5.34. The van der Waals surface area contributed by atoms with Crippen LogP contribution in [0.25, 0.3) is 0 Å². The SMILES string of the molecule is O=C1CC2(CCSCC2)Oc2ccc(Br)cc21. The molecular weight excluding hydrogens is 300 g/mol. The molecule has 3 rings (SSSR count). The van der Waals surface area contributed by atoms with E-state index in [4.69, 9.17) is 4.74 Å². The van der Waals surface area contributed by atoms with Crippen LogP contribution >= 0.6 is 27.7 Å². The summed E-state index contributed by atoms with van der Waals surface area (Å²) in [6, 6.07) is 5.70. The number of hydrogen-bond donors (Lipinski definition) is 0. The first-order valence-corrected chi connectivity index (χ1v) is 7.73. The van der Waals surface area contributed by atoms with Gasteiger partial charge >= 0.3 is 0 Å². The second-order valence-corrected chi connectivity index (χ2v) is 6.78. The lowest BCUT2D eigenvalue weighted by Gasteiger charge is -2.40. The molecule has 0 unspecified atom stereocenters. The summed E-state index contributed by atoms with van der Waals surface area (Å²) in [5.41, 5.74) is 0.506. The first kappa shape index (κ1) is 11.6. The lowest BCUT2D eigenvalue weighted by Crippen LogP contribution is -2.44. The molecule has 90 valence electrons. The van der Waals surface area contributed by atoms with Gasteiger partial charge in [0.15, 0.2) is 5.78 Å². The summed E-state index contributed by atoms with van der Waals surface area (Å²) in [5.74, 6) is 3.17. The molecule has 0 bridgehead atoms. The van der Waals surface area contributed by atoms with Crippen LogP contribution in [0.5, 0.6) is 5.75 Å². The molecule has 1 fully saturated rings. The van der Waals surface area contributed by atoms with Gasteiger partial charge in [-0.25, -0.2) is 0 Å². The van der Waals surface area contributed by atoms with Gasteiger partial charge in [-0.05, 0) is 42.5 Å². The maximum absolute atomic E-state index is 12.2. The minimum absolute atomic E-state index is 0.219. The summed E-state index contributed by atoms with van der Waals surface area (Å²) in [6.07, 6.45) is 2.51. The van der Waals surface area contributed by atoms with Crippen molar-refractivity contribution in [2.75, 3.05) is 11.5 Å². The second-order valence-electron chi connectivity index (χ2n) is 4.64. The van der Waals surface area contributed by atoms with Crippen molar-refractivity contribution in [2.24, 2.45) is 0 Å². The third kappa shape index (κ3) is 2.13. The molecule has 0 saturated carbocycles.